The van der Waals surface area contributed by atoms with E-state index in [9.17, 15) is 9.90 Å². The maximum absolute atomic E-state index is 12.1. The molecule has 1 aromatic carbocycles. The van der Waals surface area contributed by atoms with E-state index in [0.29, 0.717) is 12.5 Å². The number of benzene rings is 1. The van der Waals surface area contributed by atoms with Crippen LogP contribution in [-0.2, 0) is 4.79 Å². The molecule has 1 aliphatic rings. The molecule has 2 unspecified atom stereocenters. The van der Waals surface area contributed by atoms with Gasteiger partial charge in [-0.1, -0.05) is 26.0 Å². The number of carbonyl (C=O) groups excluding carboxylic acids is 1. The van der Waals surface area contributed by atoms with Gasteiger partial charge >= 0.3 is 0 Å². The maximum Gasteiger partial charge on any atom is 0.225 e. The lowest BCUT2D eigenvalue weighted by atomic mass is 10.1. The summed E-state index contributed by atoms with van der Waals surface area (Å²) in [6.45, 7) is 8.28. The van der Waals surface area contributed by atoms with Crippen molar-refractivity contribution in [3.63, 3.8) is 0 Å². The van der Waals surface area contributed by atoms with Crippen LogP contribution in [0.4, 0.5) is 0 Å². The largest absolute Gasteiger partial charge is 0.497 e. The fourth-order valence-electron chi connectivity index (χ4n) is 3.07. The number of aliphatic imine (C=N–C) groups is 1. The maximum atomic E-state index is 12.1. The summed E-state index contributed by atoms with van der Waals surface area (Å²) in [6, 6.07) is 7.50. The predicted molar refractivity (Wildman–Crippen MR) is 107 cm³/mol. The van der Waals surface area contributed by atoms with Crippen LogP contribution in [0.5, 0.6) is 5.75 Å². The van der Waals surface area contributed by atoms with Gasteiger partial charge in [0.25, 0.3) is 0 Å². The molecule has 1 heterocycles. The summed E-state index contributed by atoms with van der Waals surface area (Å²) in [7, 11) is 1.61. The number of nitrogens with zero attached hydrogens (tertiary/aromatic N) is 2. The number of aliphatic hydroxyl groups excluding tert-OH is 1. The van der Waals surface area contributed by atoms with E-state index in [4.69, 9.17) is 4.74 Å². The molecular formula is C20H32N4O3. The Bertz CT molecular complexity index is 631. The number of ether oxygens (including phenoxy) is 1. The summed E-state index contributed by atoms with van der Waals surface area (Å²) in [6.07, 6.45) is 0.207. The standard InChI is InChI=1S/C20H32N4O3/c1-5-21-20(23-16-10-11-24(13-16)19(26)14(2)3)22-12-18(25)15-6-8-17(27-4)9-7-15/h6-9,14,16,18,25H,5,10-13H2,1-4H3,(H2,21,22,23). The lowest BCUT2D eigenvalue weighted by Gasteiger charge is -2.20. The molecule has 1 amide bonds. The van der Waals surface area contributed by atoms with E-state index in [2.05, 4.69) is 15.6 Å². The van der Waals surface area contributed by atoms with Crippen LogP contribution in [0.1, 0.15) is 38.9 Å². The second-order valence-electron chi connectivity index (χ2n) is 7.08. The summed E-state index contributed by atoms with van der Waals surface area (Å²) < 4.78 is 5.14. The predicted octanol–water partition coefficient (Wildman–Crippen LogP) is 1.54. The molecule has 3 N–H and O–H groups in total. The van der Waals surface area contributed by atoms with Crippen molar-refractivity contribution in [3.8, 4) is 5.75 Å². The smallest absolute Gasteiger partial charge is 0.225 e. The number of aliphatic hydroxyl groups is 1. The molecule has 2 rings (SSSR count). The minimum absolute atomic E-state index is 0.0188. The third-order valence-corrected chi connectivity index (χ3v) is 4.60. The molecule has 1 fully saturated rings. The third kappa shape index (κ3) is 6.13. The Morgan fingerprint density at radius 2 is 2.07 bits per heavy atom. The van der Waals surface area contributed by atoms with Crippen LogP contribution in [-0.4, -0.2) is 61.2 Å². The molecule has 1 aromatic rings. The van der Waals surface area contributed by atoms with E-state index in [1.54, 1.807) is 7.11 Å². The highest BCUT2D eigenvalue weighted by Crippen LogP contribution is 2.18. The highest BCUT2D eigenvalue weighted by molar-refractivity contribution is 5.81. The van der Waals surface area contributed by atoms with E-state index in [0.717, 1.165) is 30.8 Å². The lowest BCUT2D eigenvalue weighted by molar-refractivity contribution is -0.133. The second kappa shape index (κ2) is 10.2. The van der Waals surface area contributed by atoms with Crippen molar-refractivity contribution in [2.45, 2.75) is 39.3 Å². The molecule has 0 radical (unpaired) electrons. The number of likely N-dealkylation sites (tertiary alicyclic amines) is 1. The Hall–Kier alpha value is -2.28. The van der Waals surface area contributed by atoms with Crippen LogP contribution in [0.3, 0.4) is 0 Å². The van der Waals surface area contributed by atoms with Gasteiger partial charge in [0.1, 0.15) is 5.75 Å². The summed E-state index contributed by atoms with van der Waals surface area (Å²) >= 11 is 0. The number of hydrogen-bond acceptors (Lipinski definition) is 4. The monoisotopic (exact) mass is 376 g/mol. The van der Waals surface area contributed by atoms with Gasteiger partial charge in [-0.15, -0.1) is 0 Å². The van der Waals surface area contributed by atoms with Gasteiger partial charge in [-0.25, -0.2) is 0 Å². The highest BCUT2D eigenvalue weighted by Gasteiger charge is 2.28. The SMILES string of the molecule is CCNC(=NCC(O)c1ccc(OC)cc1)NC1CCN(C(=O)C(C)C)C1. The normalized spacial score (nSPS) is 18.5. The summed E-state index contributed by atoms with van der Waals surface area (Å²) in [5.74, 6) is 1.63. The number of amides is 1. The van der Waals surface area contributed by atoms with Gasteiger partial charge in [0.15, 0.2) is 5.96 Å². The first-order chi connectivity index (χ1) is 12.9. The fourth-order valence-corrected chi connectivity index (χ4v) is 3.07. The molecule has 1 saturated heterocycles. The van der Waals surface area contributed by atoms with Crippen molar-refractivity contribution >= 4 is 11.9 Å². The minimum atomic E-state index is -0.686. The Morgan fingerprint density at radius 1 is 1.37 bits per heavy atom. The molecule has 1 aliphatic heterocycles. The summed E-state index contributed by atoms with van der Waals surface area (Å²) in [4.78, 5) is 18.5. The Balaban J connectivity index is 1.92. The number of nitrogens with one attached hydrogen (secondary N) is 2. The van der Waals surface area contributed by atoms with Crippen molar-refractivity contribution < 1.29 is 14.6 Å². The van der Waals surface area contributed by atoms with Crippen molar-refractivity contribution in [1.82, 2.24) is 15.5 Å². The zero-order valence-corrected chi connectivity index (χ0v) is 16.7. The van der Waals surface area contributed by atoms with Gasteiger partial charge in [0, 0.05) is 31.6 Å². The minimum Gasteiger partial charge on any atom is -0.497 e. The summed E-state index contributed by atoms with van der Waals surface area (Å²) in [5.41, 5.74) is 0.796. The quantitative estimate of drug-likeness (QED) is 0.496. The number of guanidine groups is 1. The number of hydrogen-bond donors (Lipinski definition) is 3. The molecule has 0 saturated carbocycles. The van der Waals surface area contributed by atoms with Gasteiger partial charge in [-0.3, -0.25) is 9.79 Å². The average Bonchev–Trinajstić information content (AvgIpc) is 3.13. The van der Waals surface area contributed by atoms with Gasteiger partial charge in [-0.05, 0) is 31.0 Å². The fraction of sp³-hybridized carbons (Fsp3) is 0.600. The molecular weight excluding hydrogens is 344 g/mol. The second-order valence-corrected chi connectivity index (χ2v) is 7.08. The number of carbonyl (C=O) groups is 1. The molecule has 0 aromatic heterocycles. The zero-order chi connectivity index (χ0) is 19.8. The third-order valence-electron chi connectivity index (χ3n) is 4.60. The van der Waals surface area contributed by atoms with Crippen molar-refractivity contribution in [2.24, 2.45) is 10.9 Å². The van der Waals surface area contributed by atoms with Crippen molar-refractivity contribution in [2.75, 3.05) is 33.3 Å². The molecule has 0 spiro atoms. The van der Waals surface area contributed by atoms with Gasteiger partial charge < -0.3 is 25.4 Å². The van der Waals surface area contributed by atoms with Crippen LogP contribution in [0.2, 0.25) is 0 Å². The van der Waals surface area contributed by atoms with E-state index < -0.39 is 6.10 Å². The molecule has 0 aliphatic carbocycles. The highest BCUT2D eigenvalue weighted by atomic mass is 16.5. The van der Waals surface area contributed by atoms with Crippen LogP contribution in [0.15, 0.2) is 29.3 Å². The summed E-state index contributed by atoms with van der Waals surface area (Å²) in [5, 5.41) is 17.0. The Kier molecular flexibility index (Phi) is 7.91. The lowest BCUT2D eigenvalue weighted by Crippen LogP contribution is -2.45. The number of rotatable bonds is 7. The average molecular weight is 377 g/mol. The molecule has 27 heavy (non-hydrogen) atoms. The van der Waals surface area contributed by atoms with Crippen LogP contribution in [0.25, 0.3) is 0 Å². The molecule has 7 heteroatoms. The van der Waals surface area contributed by atoms with Gasteiger partial charge in [0.2, 0.25) is 5.91 Å². The topological polar surface area (TPSA) is 86.2 Å². The Morgan fingerprint density at radius 3 is 2.67 bits per heavy atom. The van der Waals surface area contributed by atoms with Crippen LogP contribution >= 0.6 is 0 Å². The number of methoxy groups -OCH3 is 1. The van der Waals surface area contributed by atoms with E-state index in [-0.39, 0.29) is 24.4 Å². The molecule has 7 nitrogen and oxygen atoms in total. The molecule has 0 bridgehead atoms. The first-order valence-corrected chi connectivity index (χ1v) is 9.60. The van der Waals surface area contributed by atoms with E-state index in [1.807, 2.05) is 49.9 Å². The van der Waals surface area contributed by atoms with Crippen LogP contribution < -0.4 is 15.4 Å². The van der Waals surface area contributed by atoms with Crippen molar-refractivity contribution in [1.29, 1.82) is 0 Å². The molecule has 2 atom stereocenters. The zero-order valence-electron chi connectivity index (χ0n) is 16.7. The van der Waals surface area contributed by atoms with E-state index >= 15 is 0 Å². The van der Waals surface area contributed by atoms with Crippen molar-refractivity contribution in [3.05, 3.63) is 29.8 Å². The molecule has 150 valence electrons. The first-order valence-electron chi connectivity index (χ1n) is 9.60. The Labute approximate surface area is 161 Å². The first kappa shape index (κ1) is 21.0. The van der Waals surface area contributed by atoms with E-state index in [1.165, 1.54) is 0 Å². The van der Waals surface area contributed by atoms with Gasteiger partial charge in [0.05, 0.1) is 19.8 Å². The van der Waals surface area contributed by atoms with Gasteiger partial charge in [-0.2, -0.15) is 0 Å². The van der Waals surface area contributed by atoms with Crippen LogP contribution in [0, 0.1) is 5.92 Å².